The van der Waals surface area contributed by atoms with E-state index in [0.717, 1.165) is 24.2 Å². The van der Waals surface area contributed by atoms with Crippen molar-refractivity contribution >= 4 is 23.2 Å². The molecule has 5 heteroatoms. The lowest BCUT2D eigenvalue weighted by molar-refractivity contribution is -0.119. The fraction of sp³-hybridized carbons (Fsp3) is 0.467. The summed E-state index contributed by atoms with van der Waals surface area (Å²) in [6.45, 7) is 4.29. The Labute approximate surface area is 119 Å². The standard InChI is InChI=1S/C15H23N3O2/c1-3-14(19)17-12-6-8-13(9-7-12)18-15(20)11(2)5-4-10-16/h6-9,11H,3-5,10,16H2,1-2H3,(H,17,19)(H,18,20). The second kappa shape index (κ2) is 8.32. The summed E-state index contributed by atoms with van der Waals surface area (Å²) in [5, 5.41) is 5.61. The number of hydrogen-bond donors (Lipinski definition) is 3. The lowest BCUT2D eigenvalue weighted by Crippen LogP contribution is -2.21. The summed E-state index contributed by atoms with van der Waals surface area (Å²) < 4.78 is 0. The Morgan fingerprint density at radius 3 is 2.20 bits per heavy atom. The van der Waals surface area contributed by atoms with Crippen molar-refractivity contribution in [2.75, 3.05) is 17.2 Å². The van der Waals surface area contributed by atoms with Crippen LogP contribution in [0.2, 0.25) is 0 Å². The number of nitrogens with one attached hydrogen (secondary N) is 2. The minimum Gasteiger partial charge on any atom is -0.330 e. The zero-order chi connectivity index (χ0) is 15.0. The summed E-state index contributed by atoms with van der Waals surface area (Å²) in [6.07, 6.45) is 2.07. The Kier molecular flexibility index (Phi) is 6.73. The van der Waals surface area contributed by atoms with E-state index in [-0.39, 0.29) is 17.7 Å². The number of anilines is 2. The first-order chi connectivity index (χ1) is 9.56. The summed E-state index contributed by atoms with van der Waals surface area (Å²) >= 11 is 0. The molecule has 1 aromatic rings. The molecular weight excluding hydrogens is 254 g/mol. The molecule has 0 fully saturated rings. The molecule has 1 unspecified atom stereocenters. The Morgan fingerprint density at radius 1 is 1.15 bits per heavy atom. The topological polar surface area (TPSA) is 84.2 Å². The van der Waals surface area contributed by atoms with Crippen LogP contribution < -0.4 is 16.4 Å². The summed E-state index contributed by atoms with van der Waals surface area (Å²) in [5.74, 6) is -0.0981. The highest BCUT2D eigenvalue weighted by atomic mass is 16.2. The summed E-state index contributed by atoms with van der Waals surface area (Å²) in [6, 6.07) is 7.10. The molecule has 1 atom stereocenters. The fourth-order valence-corrected chi connectivity index (χ4v) is 1.71. The maximum Gasteiger partial charge on any atom is 0.227 e. The largest absolute Gasteiger partial charge is 0.330 e. The zero-order valence-electron chi connectivity index (χ0n) is 12.1. The second-order valence-electron chi connectivity index (χ2n) is 4.80. The van der Waals surface area contributed by atoms with Crippen LogP contribution in [-0.2, 0) is 9.59 Å². The molecule has 4 N–H and O–H groups in total. The van der Waals surface area contributed by atoms with Crippen molar-refractivity contribution in [1.29, 1.82) is 0 Å². The minimum atomic E-state index is -0.0574. The molecule has 20 heavy (non-hydrogen) atoms. The average molecular weight is 277 g/mol. The van der Waals surface area contributed by atoms with Crippen LogP contribution in [-0.4, -0.2) is 18.4 Å². The van der Waals surface area contributed by atoms with Gasteiger partial charge in [0.1, 0.15) is 0 Å². The van der Waals surface area contributed by atoms with Crippen molar-refractivity contribution in [3.8, 4) is 0 Å². The zero-order valence-corrected chi connectivity index (χ0v) is 12.1. The molecule has 0 aliphatic carbocycles. The van der Waals surface area contributed by atoms with Gasteiger partial charge in [0.15, 0.2) is 0 Å². The van der Waals surface area contributed by atoms with Crippen LogP contribution >= 0.6 is 0 Å². The maximum atomic E-state index is 11.9. The Morgan fingerprint density at radius 2 is 1.70 bits per heavy atom. The van der Waals surface area contributed by atoms with Gasteiger partial charge in [0.05, 0.1) is 0 Å². The van der Waals surface area contributed by atoms with Gasteiger partial charge < -0.3 is 16.4 Å². The van der Waals surface area contributed by atoms with Crippen LogP contribution in [0.3, 0.4) is 0 Å². The predicted octanol–water partition coefficient (Wildman–Crippen LogP) is 2.35. The fourth-order valence-electron chi connectivity index (χ4n) is 1.71. The molecule has 110 valence electrons. The highest BCUT2D eigenvalue weighted by Crippen LogP contribution is 2.15. The number of benzene rings is 1. The van der Waals surface area contributed by atoms with Gasteiger partial charge in [-0.15, -0.1) is 0 Å². The van der Waals surface area contributed by atoms with Gasteiger partial charge in [0, 0.05) is 23.7 Å². The summed E-state index contributed by atoms with van der Waals surface area (Å²) in [7, 11) is 0. The van der Waals surface area contributed by atoms with Crippen LogP contribution in [0.1, 0.15) is 33.1 Å². The molecule has 0 bridgehead atoms. The lowest BCUT2D eigenvalue weighted by atomic mass is 10.0. The quantitative estimate of drug-likeness (QED) is 0.715. The van der Waals surface area contributed by atoms with E-state index < -0.39 is 0 Å². The molecule has 0 saturated carbocycles. The van der Waals surface area contributed by atoms with Gasteiger partial charge in [0.25, 0.3) is 0 Å². The third kappa shape index (κ3) is 5.40. The predicted molar refractivity (Wildman–Crippen MR) is 81.4 cm³/mol. The van der Waals surface area contributed by atoms with E-state index in [1.807, 2.05) is 6.92 Å². The van der Waals surface area contributed by atoms with Gasteiger partial charge in [-0.3, -0.25) is 9.59 Å². The molecule has 1 aromatic carbocycles. The summed E-state index contributed by atoms with van der Waals surface area (Å²) in [4.78, 5) is 23.1. The summed E-state index contributed by atoms with van der Waals surface area (Å²) in [5.41, 5.74) is 6.88. The third-order valence-electron chi connectivity index (χ3n) is 3.05. The van der Waals surface area contributed by atoms with Gasteiger partial charge in [-0.1, -0.05) is 13.8 Å². The number of carbonyl (C=O) groups is 2. The molecule has 0 heterocycles. The van der Waals surface area contributed by atoms with Gasteiger partial charge >= 0.3 is 0 Å². The molecule has 0 aromatic heterocycles. The Bertz CT molecular complexity index is 443. The first-order valence-electron chi connectivity index (χ1n) is 6.97. The highest BCUT2D eigenvalue weighted by Gasteiger charge is 2.12. The SMILES string of the molecule is CCC(=O)Nc1ccc(NC(=O)C(C)CCCN)cc1. The highest BCUT2D eigenvalue weighted by molar-refractivity contribution is 5.93. The molecule has 0 saturated heterocycles. The molecular formula is C15H23N3O2. The van der Waals surface area contributed by atoms with Gasteiger partial charge in [0.2, 0.25) is 11.8 Å². The van der Waals surface area contributed by atoms with Gasteiger partial charge in [-0.25, -0.2) is 0 Å². The monoisotopic (exact) mass is 277 g/mol. The number of rotatable bonds is 7. The maximum absolute atomic E-state index is 11.9. The number of nitrogens with two attached hydrogens (primary N) is 1. The number of amides is 2. The molecule has 0 radical (unpaired) electrons. The number of hydrogen-bond acceptors (Lipinski definition) is 3. The first-order valence-corrected chi connectivity index (χ1v) is 6.97. The van der Waals surface area contributed by atoms with Crippen LogP contribution in [0.15, 0.2) is 24.3 Å². The van der Waals surface area contributed by atoms with Crippen molar-refractivity contribution in [2.24, 2.45) is 11.7 Å². The van der Waals surface area contributed by atoms with Crippen LogP contribution in [0.25, 0.3) is 0 Å². The van der Waals surface area contributed by atoms with E-state index in [9.17, 15) is 9.59 Å². The molecule has 2 amide bonds. The normalized spacial score (nSPS) is 11.8. The van der Waals surface area contributed by atoms with Crippen molar-refractivity contribution in [1.82, 2.24) is 0 Å². The van der Waals surface area contributed by atoms with Gasteiger partial charge in [-0.05, 0) is 43.7 Å². The first kappa shape index (κ1) is 16.2. The van der Waals surface area contributed by atoms with E-state index in [0.29, 0.717) is 13.0 Å². The molecule has 0 spiro atoms. The Balaban J connectivity index is 2.52. The van der Waals surface area contributed by atoms with Crippen molar-refractivity contribution < 1.29 is 9.59 Å². The molecule has 0 aliphatic heterocycles. The van der Waals surface area contributed by atoms with E-state index in [1.54, 1.807) is 31.2 Å². The molecule has 1 rings (SSSR count). The Hall–Kier alpha value is -1.88. The average Bonchev–Trinajstić information content (AvgIpc) is 2.46. The third-order valence-corrected chi connectivity index (χ3v) is 3.05. The van der Waals surface area contributed by atoms with Crippen LogP contribution in [0.5, 0.6) is 0 Å². The van der Waals surface area contributed by atoms with E-state index >= 15 is 0 Å². The van der Waals surface area contributed by atoms with Crippen molar-refractivity contribution in [3.63, 3.8) is 0 Å². The smallest absolute Gasteiger partial charge is 0.227 e. The lowest BCUT2D eigenvalue weighted by Gasteiger charge is -2.12. The van der Waals surface area contributed by atoms with Crippen LogP contribution in [0.4, 0.5) is 11.4 Å². The van der Waals surface area contributed by atoms with E-state index in [4.69, 9.17) is 5.73 Å². The van der Waals surface area contributed by atoms with Gasteiger partial charge in [-0.2, -0.15) is 0 Å². The van der Waals surface area contributed by atoms with Crippen molar-refractivity contribution in [3.05, 3.63) is 24.3 Å². The van der Waals surface area contributed by atoms with E-state index in [2.05, 4.69) is 10.6 Å². The second-order valence-corrected chi connectivity index (χ2v) is 4.80. The molecule has 0 aliphatic rings. The van der Waals surface area contributed by atoms with Crippen molar-refractivity contribution in [2.45, 2.75) is 33.1 Å². The van der Waals surface area contributed by atoms with Crippen LogP contribution in [0, 0.1) is 5.92 Å². The van der Waals surface area contributed by atoms with E-state index in [1.165, 1.54) is 0 Å². The number of carbonyl (C=O) groups excluding carboxylic acids is 2. The minimum absolute atomic E-state index is 0.0104. The molecule has 5 nitrogen and oxygen atoms in total.